The van der Waals surface area contributed by atoms with Gasteiger partial charge in [-0.05, 0) is 30.9 Å². The maximum atomic E-state index is 5.84. The molecule has 0 saturated carbocycles. The van der Waals surface area contributed by atoms with Gasteiger partial charge in [-0.3, -0.25) is 0 Å². The second-order valence-electron chi connectivity index (χ2n) is 7.34. The number of hydrogen-bond donors (Lipinski definition) is 1. The van der Waals surface area contributed by atoms with E-state index in [9.17, 15) is 0 Å². The number of nitrogens with two attached hydrogens (primary N) is 1. The summed E-state index contributed by atoms with van der Waals surface area (Å²) in [6.45, 7) is 5.50. The van der Waals surface area contributed by atoms with Crippen LogP contribution in [0.15, 0.2) is 36.4 Å². The standard InChI is InChI=1S/C13H19NO.C9H9Cl2NO2/c1-11-7-9-14(10-8-11)12-5-3-4-6-13(12)15-2;10-6-1-8-9(2-7(6)11)14-5(3-12)4-13-8/h3-6,11H,7-10H2,1-2H3;1-2,5H,3-4,12H2. The van der Waals surface area contributed by atoms with E-state index in [4.69, 9.17) is 43.1 Å². The van der Waals surface area contributed by atoms with Crippen molar-refractivity contribution in [3.05, 3.63) is 46.4 Å². The van der Waals surface area contributed by atoms with Crippen LogP contribution < -0.4 is 24.8 Å². The molecule has 2 aliphatic heterocycles. The van der Waals surface area contributed by atoms with Crippen LogP contribution in [-0.4, -0.2) is 39.5 Å². The summed E-state index contributed by atoms with van der Waals surface area (Å²) in [5.41, 5.74) is 6.71. The third-order valence-electron chi connectivity index (χ3n) is 5.18. The molecule has 2 aromatic rings. The Balaban J connectivity index is 0.000000166. The van der Waals surface area contributed by atoms with Crippen LogP contribution in [0.1, 0.15) is 19.8 Å². The quantitative estimate of drug-likeness (QED) is 0.728. The fraction of sp³-hybridized carbons (Fsp3) is 0.455. The summed E-state index contributed by atoms with van der Waals surface area (Å²) in [6, 6.07) is 11.6. The maximum absolute atomic E-state index is 5.84. The molecule has 29 heavy (non-hydrogen) atoms. The molecule has 0 radical (unpaired) electrons. The number of benzene rings is 2. The molecule has 0 aromatic heterocycles. The van der Waals surface area contributed by atoms with Gasteiger partial charge in [0.1, 0.15) is 18.5 Å². The molecule has 2 heterocycles. The smallest absolute Gasteiger partial charge is 0.163 e. The number of fused-ring (bicyclic) bond motifs is 1. The van der Waals surface area contributed by atoms with E-state index in [0.717, 1.165) is 24.8 Å². The van der Waals surface area contributed by atoms with E-state index in [-0.39, 0.29) is 6.10 Å². The van der Waals surface area contributed by atoms with Gasteiger partial charge in [0.15, 0.2) is 11.5 Å². The topological polar surface area (TPSA) is 57.0 Å². The predicted octanol–water partition coefficient (Wildman–Crippen LogP) is 5.02. The molecule has 1 fully saturated rings. The van der Waals surface area contributed by atoms with Crippen LogP contribution in [0.4, 0.5) is 5.69 Å². The van der Waals surface area contributed by atoms with Gasteiger partial charge in [-0.2, -0.15) is 0 Å². The Kier molecular flexibility index (Phi) is 7.76. The van der Waals surface area contributed by atoms with Crippen molar-refractivity contribution in [3.8, 4) is 17.2 Å². The summed E-state index contributed by atoms with van der Waals surface area (Å²) >= 11 is 11.7. The third kappa shape index (κ3) is 5.62. The van der Waals surface area contributed by atoms with Gasteiger partial charge in [-0.1, -0.05) is 42.3 Å². The SMILES string of the molecule is COc1ccccc1N1CCC(C)CC1.NCC1COc2cc(Cl)c(Cl)cc2O1. The number of ether oxygens (including phenoxy) is 3. The molecule has 7 heteroatoms. The number of rotatable bonds is 3. The zero-order valence-corrected chi connectivity index (χ0v) is 18.4. The van der Waals surface area contributed by atoms with E-state index in [1.165, 1.54) is 18.5 Å². The second kappa shape index (κ2) is 10.3. The number of piperidine rings is 1. The Hall–Kier alpha value is -1.82. The lowest BCUT2D eigenvalue weighted by molar-refractivity contribution is 0.0969. The van der Waals surface area contributed by atoms with Gasteiger partial charge in [-0.25, -0.2) is 0 Å². The lowest BCUT2D eigenvalue weighted by atomic mass is 9.99. The van der Waals surface area contributed by atoms with Gasteiger partial charge < -0.3 is 24.8 Å². The Morgan fingerprint density at radius 2 is 1.76 bits per heavy atom. The summed E-state index contributed by atoms with van der Waals surface area (Å²) in [5, 5.41) is 0.909. The Morgan fingerprint density at radius 3 is 2.41 bits per heavy atom. The molecular formula is C22H28Cl2N2O3. The first-order chi connectivity index (χ1) is 14.0. The summed E-state index contributed by atoms with van der Waals surface area (Å²) in [6.07, 6.45) is 2.47. The number of halogens is 2. The van der Waals surface area contributed by atoms with E-state index in [2.05, 4.69) is 24.0 Å². The second-order valence-corrected chi connectivity index (χ2v) is 8.16. The maximum Gasteiger partial charge on any atom is 0.163 e. The van der Waals surface area contributed by atoms with Crippen LogP contribution >= 0.6 is 23.2 Å². The average molecular weight is 439 g/mol. The molecule has 1 atom stereocenters. The van der Waals surface area contributed by atoms with Crippen molar-refractivity contribution in [2.75, 3.05) is 38.3 Å². The molecule has 158 valence electrons. The molecular weight excluding hydrogens is 411 g/mol. The van der Waals surface area contributed by atoms with Crippen molar-refractivity contribution >= 4 is 28.9 Å². The van der Waals surface area contributed by atoms with Gasteiger partial charge in [0.25, 0.3) is 0 Å². The fourth-order valence-electron chi connectivity index (χ4n) is 3.37. The van der Waals surface area contributed by atoms with Crippen LogP contribution in [-0.2, 0) is 0 Å². The molecule has 2 N–H and O–H groups in total. The van der Waals surface area contributed by atoms with Crippen molar-refractivity contribution < 1.29 is 14.2 Å². The monoisotopic (exact) mass is 438 g/mol. The zero-order valence-electron chi connectivity index (χ0n) is 16.9. The highest BCUT2D eigenvalue weighted by atomic mass is 35.5. The van der Waals surface area contributed by atoms with Gasteiger partial charge in [0.05, 0.1) is 22.8 Å². The number of anilines is 1. The molecule has 0 spiro atoms. The lowest BCUT2D eigenvalue weighted by Gasteiger charge is -2.32. The van der Waals surface area contributed by atoms with Crippen molar-refractivity contribution in [2.24, 2.45) is 11.7 Å². The van der Waals surface area contributed by atoms with Crippen molar-refractivity contribution in [2.45, 2.75) is 25.9 Å². The van der Waals surface area contributed by atoms with Crippen molar-refractivity contribution in [1.29, 1.82) is 0 Å². The highest BCUT2D eigenvalue weighted by Gasteiger charge is 2.21. The van der Waals surface area contributed by atoms with Crippen molar-refractivity contribution in [1.82, 2.24) is 0 Å². The highest BCUT2D eigenvalue weighted by molar-refractivity contribution is 6.42. The van der Waals surface area contributed by atoms with Gasteiger partial charge in [0, 0.05) is 31.8 Å². The summed E-state index contributed by atoms with van der Waals surface area (Å²) in [4.78, 5) is 2.43. The molecule has 1 saturated heterocycles. The minimum atomic E-state index is -0.111. The first-order valence-electron chi connectivity index (χ1n) is 9.88. The van der Waals surface area contributed by atoms with E-state index in [1.807, 2.05) is 12.1 Å². The van der Waals surface area contributed by atoms with E-state index in [1.54, 1.807) is 19.2 Å². The van der Waals surface area contributed by atoms with Crippen LogP contribution in [0.2, 0.25) is 10.0 Å². The summed E-state index contributed by atoms with van der Waals surface area (Å²) < 4.78 is 16.3. The Labute approximate surface area is 182 Å². The Morgan fingerprint density at radius 1 is 1.10 bits per heavy atom. The molecule has 2 aliphatic rings. The van der Waals surface area contributed by atoms with E-state index in [0.29, 0.717) is 34.7 Å². The first kappa shape index (κ1) is 21.9. The molecule has 0 amide bonds. The van der Waals surface area contributed by atoms with Crippen LogP contribution in [0.3, 0.4) is 0 Å². The molecule has 1 unspecified atom stereocenters. The zero-order chi connectivity index (χ0) is 20.8. The highest BCUT2D eigenvalue weighted by Crippen LogP contribution is 2.38. The number of hydrogen-bond acceptors (Lipinski definition) is 5. The lowest BCUT2D eigenvalue weighted by Crippen LogP contribution is -2.35. The minimum Gasteiger partial charge on any atom is -0.495 e. The first-order valence-corrected chi connectivity index (χ1v) is 10.6. The third-order valence-corrected chi connectivity index (χ3v) is 5.90. The largest absolute Gasteiger partial charge is 0.495 e. The van der Waals surface area contributed by atoms with E-state index < -0.39 is 0 Å². The number of methoxy groups -OCH3 is 1. The Bertz CT molecular complexity index is 811. The number of para-hydroxylation sites is 2. The summed E-state index contributed by atoms with van der Waals surface area (Å²) in [5.74, 6) is 3.08. The predicted molar refractivity (Wildman–Crippen MR) is 119 cm³/mol. The molecule has 4 rings (SSSR count). The molecule has 0 bridgehead atoms. The van der Waals surface area contributed by atoms with Gasteiger partial charge in [0.2, 0.25) is 0 Å². The van der Waals surface area contributed by atoms with Crippen LogP contribution in [0, 0.1) is 5.92 Å². The average Bonchev–Trinajstić information content (AvgIpc) is 2.75. The van der Waals surface area contributed by atoms with Crippen LogP contribution in [0.25, 0.3) is 0 Å². The van der Waals surface area contributed by atoms with Crippen LogP contribution in [0.5, 0.6) is 17.2 Å². The molecule has 0 aliphatic carbocycles. The number of nitrogens with zero attached hydrogens (tertiary/aromatic N) is 1. The summed E-state index contributed by atoms with van der Waals surface area (Å²) in [7, 11) is 1.74. The minimum absolute atomic E-state index is 0.111. The van der Waals surface area contributed by atoms with Gasteiger partial charge in [-0.15, -0.1) is 0 Å². The fourth-order valence-corrected chi connectivity index (χ4v) is 3.68. The normalized spacial score (nSPS) is 18.7. The van der Waals surface area contributed by atoms with Crippen molar-refractivity contribution in [3.63, 3.8) is 0 Å². The molecule has 5 nitrogen and oxygen atoms in total. The van der Waals surface area contributed by atoms with E-state index >= 15 is 0 Å². The van der Waals surface area contributed by atoms with Gasteiger partial charge >= 0.3 is 0 Å². The molecule has 2 aromatic carbocycles.